The van der Waals surface area contributed by atoms with Crippen LogP contribution in [0.4, 0.5) is 10.5 Å². The van der Waals surface area contributed by atoms with Crippen molar-refractivity contribution < 1.29 is 22.8 Å². The number of carbonyl (C=O) groups is 1. The summed E-state index contributed by atoms with van der Waals surface area (Å²) in [5.74, 6) is 0.825. The summed E-state index contributed by atoms with van der Waals surface area (Å²) < 4.78 is 31.4. The highest BCUT2D eigenvalue weighted by Crippen LogP contribution is 2.37. The third kappa shape index (κ3) is 5.03. The van der Waals surface area contributed by atoms with Gasteiger partial charge in [-0.2, -0.15) is 0 Å². The number of carbonyl (C=O) groups excluding carboxylic acids is 1. The number of fused-ring (bicyclic) bond motifs is 2. The maximum atomic E-state index is 13.1. The first-order valence-corrected chi connectivity index (χ1v) is 13.7. The third-order valence-electron chi connectivity index (χ3n) is 6.73. The minimum atomic E-state index is -3.64. The first-order chi connectivity index (χ1) is 17.1. The highest BCUT2D eigenvalue weighted by molar-refractivity contribution is 7.91. The van der Waals surface area contributed by atoms with Crippen LogP contribution in [-0.2, 0) is 19.4 Å². The summed E-state index contributed by atoms with van der Waals surface area (Å²) in [5, 5.41) is 2.50. The molecule has 0 radical (unpaired) electrons. The Hall–Kier alpha value is -3.17. The molecule has 2 saturated heterocycles. The minimum absolute atomic E-state index is 0.184. The van der Waals surface area contributed by atoms with Crippen molar-refractivity contribution in [2.45, 2.75) is 42.6 Å². The van der Waals surface area contributed by atoms with E-state index in [1.807, 2.05) is 39.0 Å². The summed E-state index contributed by atoms with van der Waals surface area (Å²) in [6.45, 7) is 8.45. The summed E-state index contributed by atoms with van der Waals surface area (Å²) in [6, 6.07) is 16.0. The van der Waals surface area contributed by atoms with E-state index in [2.05, 4.69) is 9.88 Å². The second-order valence-electron chi connectivity index (χ2n) is 10.5. The molecule has 2 atom stereocenters. The molecule has 190 valence electrons. The topological polar surface area (TPSA) is 89.0 Å². The van der Waals surface area contributed by atoms with Crippen molar-refractivity contribution in [3.05, 3.63) is 60.8 Å². The molecule has 0 spiro atoms. The standard InChI is InChI=1S/C27H31N3O5S/c1-27(2,3)34-26(31)35-30-13-12-20-16-29(17-21(20)18-30)24-11-7-8-19-14-23(15-28-25(19)24)36(32,33)22-9-5-4-6-10-22/h4-11,14-15,20-21H,12-13,16-18H2,1-3H3. The predicted molar refractivity (Wildman–Crippen MR) is 136 cm³/mol. The van der Waals surface area contributed by atoms with Crippen molar-refractivity contribution in [2.75, 3.05) is 31.1 Å². The molecule has 0 aliphatic carbocycles. The number of anilines is 1. The lowest BCUT2D eigenvalue weighted by atomic mass is 9.90. The molecule has 5 rings (SSSR count). The van der Waals surface area contributed by atoms with Gasteiger partial charge in [0.15, 0.2) is 0 Å². The molecule has 0 bridgehead atoms. The van der Waals surface area contributed by atoms with Crippen LogP contribution in [0.5, 0.6) is 0 Å². The maximum absolute atomic E-state index is 13.1. The van der Waals surface area contributed by atoms with E-state index >= 15 is 0 Å². The lowest BCUT2D eigenvalue weighted by Crippen LogP contribution is -2.42. The zero-order valence-electron chi connectivity index (χ0n) is 20.8. The number of nitrogens with zero attached hydrogens (tertiary/aromatic N) is 3. The Labute approximate surface area is 211 Å². The average Bonchev–Trinajstić information content (AvgIpc) is 3.26. The first kappa shape index (κ1) is 24.5. The number of ether oxygens (including phenoxy) is 1. The summed E-state index contributed by atoms with van der Waals surface area (Å²) in [6.07, 6.45) is 1.70. The van der Waals surface area contributed by atoms with E-state index in [4.69, 9.17) is 9.57 Å². The summed E-state index contributed by atoms with van der Waals surface area (Å²) in [4.78, 5) is 24.9. The van der Waals surface area contributed by atoms with Gasteiger partial charge in [-0.25, -0.2) is 13.2 Å². The maximum Gasteiger partial charge on any atom is 0.528 e. The van der Waals surface area contributed by atoms with E-state index in [9.17, 15) is 13.2 Å². The zero-order chi connectivity index (χ0) is 25.5. The van der Waals surface area contributed by atoms with Gasteiger partial charge in [0.25, 0.3) is 0 Å². The molecule has 8 nitrogen and oxygen atoms in total. The van der Waals surface area contributed by atoms with Crippen LogP contribution in [0, 0.1) is 11.8 Å². The summed E-state index contributed by atoms with van der Waals surface area (Å²) in [5.41, 5.74) is 1.18. The number of pyridine rings is 1. The monoisotopic (exact) mass is 509 g/mol. The van der Waals surface area contributed by atoms with E-state index in [0.717, 1.165) is 36.1 Å². The Kier molecular flexibility index (Phi) is 6.38. The second kappa shape index (κ2) is 9.37. The molecule has 2 aliphatic heterocycles. The van der Waals surface area contributed by atoms with Gasteiger partial charge >= 0.3 is 6.16 Å². The number of hydrogen-bond acceptors (Lipinski definition) is 8. The van der Waals surface area contributed by atoms with Gasteiger partial charge in [-0.05, 0) is 63.3 Å². The number of benzene rings is 2. The van der Waals surface area contributed by atoms with Crippen LogP contribution in [0.15, 0.2) is 70.6 Å². The minimum Gasteiger partial charge on any atom is -0.427 e. The molecule has 0 saturated carbocycles. The number of hydroxylamine groups is 2. The quantitative estimate of drug-likeness (QED) is 0.468. The van der Waals surface area contributed by atoms with Crippen molar-refractivity contribution in [3.63, 3.8) is 0 Å². The number of aromatic nitrogens is 1. The smallest absolute Gasteiger partial charge is 0.427 e. The van der Waals surface area contributed by atoms with Gasteiger partial charge < -0.3 is 14.5 Å². The van der Waals surface area contributed by atoms with E-state index in [1.165, 1.54) is 6.20 Å². The van der Waals surface area contributed by atoms with E-state index in [1.54, 1.807) is 41.5 Å². The SMILES string of the molecule is CC(C)(C)OC(=O)ON1CCC2CN(c3cccc4cc(S(=O)(=O)c5ccccc5)cnc34)CC2C1. The number of piperidine rings is 1. The van der Waals surface area contributed by atoms with Crippen LogP contribution < -0.4 is 4.90 Å². The molecule has 9 heteroatoms. The molecule has 2 aliphatic rings. The molecular weight excluding hydrogens is 478 g/mol. The Bertz CT molecular complexity index is 1370. The van der Waals surface area contributed by atoms with Gasteiger partial charge in [0.2, 0.25) is 9.84 Å². The van der Waals surface area contributed by atoms with Gasteiger partial charge in [0.1, 0.15) is 5.60 Å². The Morgan fingerprint density at radius 1 is 0.972 bits per heavy atom. The van der Waals surface area contributed by atoms with Crippen molar-refractivity contribution >= 4 is 32.6 Å². The molecule has 2 aromatic carbocycles. The van der Waals surface area contributed by atoms with Crippen LogP contribution >= 0.6 is 0 Å². The first-order valence-electron chi connectivity index (χ1n) is 12.2. The van der Waals surface area contributed by atoms with Gasteiger partial charge in [-0.3, -0.25) is 4.98 Å². The largest absolute Gasteiger partial charge is 0.528 e. The molecule has 2 unspecified atom stereocenters. The van der Waals surface area contributed by atoms with Crippen LogP contribution in [0.1, 0.15) is 27.2 Å². The average molecular weight is 510 g/mol. The second-order valence-corrected chi connectivity index (χ2v) is 12.4. The van der Waals surface area contributed by atoms with E-state index in [-0.39, 0.29) is 9.79 Å². The summed E-state index contributed by atoms with van der Waals surface area (Å²) >= 11 is 0. The molecule has 0 N–H and O–H groups in total. The fraction of sp³-hybridized carbons (Fsp3) is 0.407. The van der Waals surface area contributed by atoms with Crippen molar-refractivity contribution in [2.24, 2.45) is 11.8 Å². The normalized spacial score (nSPS) is 20.8. The Morgan fingerprint density at radius 3 is 2.47 bits per heavy atom. The number of para-hydroxylation sites is 1. The Morgan fingerprint density at radius 2 is 1.72 bits per heavy atom. The third-order valence-corrected chi connectivity index (χ3v) is 8.46. The van der Waals surface area contributed by atoms with Gasteiger partial charge in [0.05, 0.1) is 21.0 Å². The number of sulfone groups is 1. The molecule has 3 aromatic rings. The van der Waals surface area contributed by atoms with Crippen LogP contribution in [0.25, 0.3) is 10.9 Å². The Balaban J connectivity index is 1.33. The van der Waals surface area contributed by atoms with Gasteiger partial charge in [-0.15, -0.1) is 5.06 Å². The lowest BCUT2D eigenvalue weighted by molar-refractivity contribution is -0.162. The zero-order valence-corrected chi connectivity index (χ0v) is 21.6. The molecular formula is C27H31N3O5S. The van der Waals surface area contributed by atoms with Gasteiger partial charge in [0, 0.05) is 37.8 Å². The number of rotatable bonds is 4. The highest BCUT2D eigenvalue weighted by atomic mass is 32.2. The molecule has 36 heavy (non-hydrogen) atoms. The van der Waals surface area contributed by atoms with Crippen LogP contribution in [-0.4, -0.2) is 56.4 Å². The molecule has 2 fully saturated rings. The summed E-state index contributed by atoms with van der Waals surface area (Å²) in [7, 11) is -3.64. The molecule has 3 heterocycles. The molecule has 0 amide bonds. The highest BCUT2D eigenvalue weighted by Gasteiger charge is 2.39. The van der Waals surface area contributed by atoms with Crippen molar-refractivity contribution in [1.82, 2.24) is 10.0 Å². The fourth-order valence-corrected chi connectivity index (χ4v) is 6.31. The predicted octanol–water partition coefficient (Wildman–Crippen LogP) is 4.69. The van der Waals surface area contributed by atoms with Crippen molar-refractivity contribution in [3.8, 4) is 0 Å². The number of hydrogen-bond donors (Lipinski definition) is 0. The lowest BCUT2D eigenvalue weighted by Gasteiger charge is -2.32. The van der Waals surface area contributed by atoms with Gasteiger partial charge in [-0.1, -0.05) is 30.3 Å². The van der Waals surface area contributed by atoms with E-state index < -0.39 is 21.6 Å². The fourth-order valence-electron chi connectivity index (χ4n) is 5.05. The van der Waals surface area contributed by atoms with Crippen molar-refractivity contribution in [1.29, 1.82) is 0 Å². The molecule has 1 aromatic heterocycles. The van der Waals surface area contributed by atoms with E-state index in [0.29, 0.717) is 24.9 Å². The van der Waals surface area contributed by atoms with Crippen LogP contribution in [0.2, 0.25) is 0 Å². The van der Waals surface area contributed by atoms with Crippen LogP contribution in [0.3, 0.4) is 0 Å².